The minimum atomic E-state index is -0.0748. The molecule has 0 aromatic carbocycles. The minimum absolute atomic E-state index is 0.0437. The van der Waals surface area contributed by atoms with Crippen LogP contribution in [0.2, 0.25) is 0 Å². The van der Waals surface area contributed by atoms with Crippen molar-refractivity contribution in [2.24, 2.45) is 0 Å². The molecule has 2 aliphatic carbocycles. The van der Waals surface area contributed by atoms with Gasteiger partial charge in [0.1, 0.15) is 17.2 Å². The molecule has 4 rings (SSSR count). The van der Waals surface area contributed by atoms with Crippen LogP contribution in [0.5, 0.6) is 0 Å². The van der Waals surface area contributed by atoms with Gasteiger partial charge < -0.3 is 10.2 Å². The number of carbonyl (C=O) groups is 1. The third kappa shape index (κ3) is 3.80. The van der Waals surface area contributed by atoms with Crippen LogP contribution in [0.4, 0.5) is 0 Å². The fourth-order valence-electron chi connectivity index (χ4n) is 4.33. The topological polar surface area (TPSA) is 67.2 Å². The predicted octanol–water partition coefficient (Wildman–Crippen LogP) is 2.46. The quantitative estimate of drug-likeness (QED) is 0.854. The van der Waals surface area contributed by atoms with Gasteiger partial charge in [0, 0.05) is 10.9 Å². The number of nitrogens with one attached hydrogen (secondary N) is 1. The molecule has 7 heteroatoms. The van der Waals surface area contributed by atoms with E-state index >= 15 is 0 Å². The zero-order chi connectivity index (χ0) is 19.0. The van der Waals surface area contributed by atoms with E-state index in [-0.39, 0.29) is 24.1 Å². The van der Waals surface area contributed by atoms with Crippen LogP contribution in [0.1, 0.15) is 54.8 Å². The normalized spacial score (nSPS) is 17.6. The van der Waals surface area contributed by atoms with Crippen molar-refractivity contribution in [2.45, 2.75) is 70.5 Å². The van der Waals surface area contributed by atoms with E-state index in [4.69, 9.17) is 4.98 Å². The molecule has 27 heavy (non-hydrogen) atoms. The number of nitrogens with zero attached hydrogens (tertiary/aromatic N) is 3. The fourth-order valence-corrected chi connectivity index (χ4v) is 5.60. The van der Waals surface area contributed by atoms with Crippen LogP contribution in [-0.4, -0.2) is 40.5 Å². The number of fused-ring (bicyclic) bond motifs is 3. The lowest BCUT2D eigenvalue weighted by atomic mass is 9.97. The van der Waals surface area contributed by atoms with Crippen LogP contribution in [0, 0.1) is 0 Å². The average Bonchev–Trinajstić information content (AvgIpc) is 3.24. The fraction of sp³-hybridized carbons (Fsp3) is 0.650. The molecule has 1 saturated carbocycles. The summed E-state index contributed by atoms with van der Waals surface area (Å²) in [5.41, 5.74) is 1.14. The highest BCUT2D eigenvalue weighted by Gasteiger charge is 2.24. The van der Waals surface area contributed by atoms with Gasteiger partial charge in [0.2, 0.25) is 5.91 Å². The van der Waals surface area contributed by atoms with Crippen molar-refractivity contribution in [3.63, 3.8) is 0 Å². The van der Waals surface area contributed by atoms with Gasteiger partial charge in [0.25, 0.3) is 5.56 Å². The SMILES string of the molecule is CN(C)Cc1nc2sc3c(c2c(=O)n1CC(=O)NC1CCCC1)CCCC3. The molecule has 1 amide bonds. The summed E-state index contributed by atoms with van der Waals surface area (Å²) in [4.78, 5) is 35.0. The Labute approximate surface area is 163 Å². The van der Waals surface area contributed by atoms with Gasteiger partial charge in [-0.2, -0.15) is 0 Å². The van der Waals surface area contributed by atoms with Crippen LogP contribution in [0.15, 0.2) is 4.79 Å². The number of aromatic nitrogens is 2. The summed E-state index contributed by atoms with van der Waals surface area (Å²) in [5, 5.41) is 3.86. The van der Waals surface area contributed by atoms with Crippen molar-refractivity contribution >= 4 is 27.5 Å². The van der Waals surface area contributed by atoms with Crippen molar-refractivity contribution in [1.82, 2.24) is 19.8 Å². The highest BCUT2D eigenvalue weighted by Crippen LogP contribution is 2.33. The van der Waals surface area contributed by atoms with Crippen LogP contribution in [-0.2, 0) is 30.7 Å². The molecule has 0 atom stereocenters. The van der Waals surface area contributed by atoms with Crippen LogP contribution in [0.25, 0.3) is 10.2 Å². The first-order valence-corrected chi connectivity index (χ1v) is 10.8. The van der Waals surface area contributed by atoms with Gasteiger partial charge in [0.05, 0.1) is 11.9 Å². The standard InChI is InChI=1S/C20H28N4O2S/c1-23(2)11-16-22-19-18(14-9-5-6-10-15(14)27-19)20(26)24(16)12-17(25)21-13-7-3-4-8-13/h13H,3-12H2,1-2H3,(H,21,25). The molecule has 2 heterocycles. The molecule has 0 spiro atoms. The summed E-state index contributed by atoms with van der Waals surface area (Å²) in [6.07, 6.45) is 8.73. The molecule has 1 fully saturated rings. The molecule has 146 valence electrons. The van der Waals surface area contributed by atoms with Gasteiger partial charge in [-0.15, -0.1) is 11.3 Å². The van der Waals surface area contributed by atoms with Gasteiger partial charge in [-0.05, 0) is 58.2 Å². The van der Waals surface area contributed by atoms with E-state index in [1.165, 1.54) is 29.7 Å². The first kappa shape index (κ1) is 18.6. The Kier molecular flexibility index (Phi) is 5.32. The van der Waals surface area contributed by atoms with Gasteiger partial charge >= 0.3 is 0 Å². The molecule has 0 unspecified atom stereocenters. The molecular weight excluding hydrogens is 360 g/mol. The highest BCUT2D eigenvalue weighted by molar-refractivity contribution is 7.18. The van der Waals surface area contributed by atoms with E-state index in [2.05, 4.69) is 5.32 Å². The van der Waals surface area contributed by atoms with Gasteiger partial charge in [0.15, 0.2) is 0 Å². The van der Waals surface area contributed by atoms with E-state index in [1.54, 1.807) is 15.9 Å². The summed E-state index contributed by atoms with van der Waals surface area (Å²) in [7, 11) is 3.91. The van der Waals surface area contributed by atoms with Crippen molar-refractivity contribution in [3.05, 3.63) is 26.6 Å². The zero-order valence-electron chi connectivity index (χ0n) is 16.2. The Hall–Kier alpha value is -1.73. The summed E-state index contributed by atoms with van der Waals surface area (Å²) < 4.78 is 1.61. The Morgan fingerprint density at radius 1 is 1.22 bits per heavy atom. The number of carbonyl (C=O) groups excluding carboxylic acids is 1. The smallest absolute Gasteiger partial charge is 0.263 e. The summed E-state index contributed by atoms with van der Waals surface area (Å²) in [5.74, 6) is 0.604. The van der Waals surface area contributed by atoms with E-state index in [9.17, 15) is 9.59 Å². The zero-order valence-corrected chi connectivity index (χ0v) is 17.0. The number of amides is 1. The monoisotopic (exact) mass is 388 g/mol. The number of hydrogen-bond acceptors (Lipinski definition) is 5. The Balaban J connectivity index is 1.72. The molecule has 2 aliphatic rings. The maximum absolute atomic E-state index is 13.4. The molecule has 2 aromatic rings. The molecule has 0 aliphatic heterocycles. The maximum Gasteiger partial charge on any atom is 0.263 e. The molecule has 0 bridgehead atoms. The van der Waals surface area contributed by atoms with Crippen LogP contribution in [0.3, 0.4) is 0 Å². The van der Waals surface area contributed by atoms with E-state index in [1.807, 2.05) is 19.0 Å². The van der Waals surface area contributed by atoms with Gasteiger partial charge in [-0.1, -0.05) is 12.8 Å². The Morgan fingerprint density at radius 3 is 2.70 bits per heavy atom. The second kappa shape index (κ2) is 7.72. The predicted molar refractivity (Wildman–Crippen MR) is 108 cm³/mol. The van der Waals surface area contributed by atoms with Crippen molar-refractivity contribution in [3.8, 4) is 0 Å². The first-order valence-electron chi connectivity index (χ1n) is 10.0. The maximum atomic E-state index is 13.4. The third-order valence-electron chi connectivity index (χ3n) is 5.63. The molecule has 6 nitrogen and oxygen atoms in total. The summed E-state index contributed by atoms with van der Waals surface area (Å²) in [6, 6.07) is 0.260. The largest absolute Gasteiger partial charge is 0.352 e. The molecule has 0 saturated heterocycles. The van der Waals surface area contributed by atoms with E-state index in [0.29, 0.717) is 12.4 Å². The minimum Gasteiger partial charge on any atom is -0.352 e. The molecule has 0 radical (unpaired) electrons. The third-order valence-corrected chi connectivity index (χ3v) is 6.82. The Bertz CT molecular complexity index is 909. The van der Waals surface area contributed by atoms with Crippen molar-refractivity contribution in [2.75, 3.05) is 14.1 Å². The number of thiophene rings is 1. The molecule has 1 N–H and O–H groups in total. The number of hydrogen-bond donors (Lipinski definition) is 1. The van der Waals surface area contributed by atoms with Gasteiger partial charge in [-0.25, -0.2) is 4.98 Å². The molecular formula is C20H28N4O2S. The second-order valence-electron chi connectivity index (χ2n) is 8.10. The van der Waals surface area contributed by atoms with E-state index in [0.717, 1.165) is 42.3 Å². The van der Waals surface area contributed by atoms with Crippen molar-refractivity contribution in [1.29, 1.82) is 0 Å². The van der Waals surface area contributed by atoms with E-state index < -0.39 is 0 Å². The summed E-state index contributed by atoms with van der Waals surface area (Å²) in [6.45, 7) is 0.608. The Morgan fingerprint density at radius 2 is 1.96 bits per heavy atom. The number of rotatable bonds is 5. The molecule has 2 aromatic heterocycles. The van der Waals surface area contributed by atoms with Crippen LogP contribution >= 0.6 is 11.3 Å². The lowest BCUT2D eigenvalue weighted by molar-refractivity contribution is -0.122. The highest BCUT2D eigenvalue weighted by atomic mass is 32.1. The van der Waals surface area contributed by atoms with Gasteiger partial charge in [-0.3, -0.25) is 14.2 Å². The summed E-state index contributed by atoms with van der Waals surface area (Å²) >= 11 is 1.67. The first-order chi connectivity index (χ1) is 13.0. The lowest BCUT2D eigenvalue weighted by Gasteiger charge is -2.17. The van der Waals surface area contributed by atoms with Crippen molar-refractivity contribution < 1.29 is 4.79 Å². The second-order valence-corrected chi connectivity index (χ2v) is 9.18. The van der Waals surface area contributed by atoms with Crippen LogP contribution < -0.4 is 10.9 Å². The number of aryl methyl sites for hydroxylation is 2. The lowest BCUT2D eigenvalue weighted by Crippen LogP contribution is -2.39. The average molecular weight is 389 g/mol.